The lowest BCUT2D eigenvalue weighted by atomic mass is 9.95. The van der Waals surface area contributed by atoms with E-state index in [9.17, 15) is 4.79 Å². The van der Waals surface area contributed by atoms with E-state index in [0.29, 0.717) is 23.8 Å². The van der Waals surface area contributed by atoms with Crippen LogP contribution in [0.5, 0.6) is 28.7 Å². The summed E-state index contributed by atoms with van der Waals surface area (Å²) >= 11 is 0. The largest absolute Gasteiger partial charge is 0.496 e. The quantitative estimate of drug-likeness (QED) is 0.445. The molecule has 1 atom stereocenters. The molecule has 0 aliphatic heterocycles. The van der Waals surface area contributed by atoms with Crippen LogP contribution in [-0.4, -0.2) is 47.5 Å². The van der Waals surface area contributed by atoms with Gasteiger partial charge in [0.25, 0.3) is 0 Å². The number of fused-ring (bicyclic) bond motifs is 3. The first-order valence-corrected chi connectivity index (χ1v) is 11.8. The van der Waals surface area contributed by atoms with Gasteiger partial charge < -0.3 is 23.7 Å². The van der Waals surface area contributed by atoms with Gasteiger partial charge in [-0.15, -0.1) is 0 Å². The van der Waals surface area contributed by atoms with Crippen LogP contribution in [0.3, 0.4) is 0 Å². The van der Waals surface area contributed by atoms with E-state index in [1.54, 1.807) is 40.6 Å². The lowest BCUT2D eigenvalue weighted by molar-refractivity contribution is 0.223. The molecule has 0 unspecified atom stereocenters. The van der Waals surface area contributed by atoms with Crippen LogP contribution in [0, 0.1) is 0 Å². The Labute approximate surface area is 212 Å². The summed E-state index contributed by atoms with van der Waals surface area (Å²) in [5, 5.41) is 0. The van der Waals surface area contributed by atoms with Crippen molar-refractivity contribution in [2.45, 2.75) is 25.4 Å². The first-order valence-electron chi connectivity index (χ1n) is 11.8. The number of para-hydroxylation sites is 1. The fraction of sp³-hybridized carbons (Fsp3) is 0.345. The van der Waals surface area contributed by atoms with Crippen LogP contribution in [0.4, 0.5) is 0 Å². The second kappa shape index (κ2) is 10.9. The molecule has 0 N–H and O–H groups in total. The maximum absolute atomic E-state index is 13.1. The highest BCUT2D eigenvalue weighted by molar-refractivity contribution is 5.82. The van der Waals surface area contributed by atoms with Crippen LogP contribution < -0.4 is 29.1 Å². The molecule has 7 heteroatoms. The Bertz CT molecular complexity index is 1310. The van der Waals surface area contributed by atoms with E-state index in [1.807, 2.05) is 30.3 Å². The van der Waals surface area contributed by atoms with Gasteiger partial charge in [0, 0.05) is 23.7 Å². The van der Waals surface area contributed by atoms with Gasteiger partial charge in [0.05, 0.1) is 35.5 Å². The van der Waals surface area contributed by atoms with E-state index in [-0.39, 0.29) is 17.2 Å². The van der Waals surface area contributed by atoms with Gasteiger partial charge in [-0.3, -0.25) is 9.69 Å². The van der Waals surface area contributed by atoms with Crippen molar-refractivity contribution in [1.29, 1.82) is 0 Å². The Morgan fingerprint density at radius 2 is 1.50 bits per heavy atom. The highest BCUT2D eigenvalue weighted by atomic mass is 16.5. The summed E-state index contributed by atoms with van der Waals surface area (Å²) in [5.41, 5.74) is 4.68. The van der Waals surface area contributed by atoms with E-state index < -0.39 is 0 Å². The Morgan fingerprint density at radius 3 is 2.17 bits per heavy atom. The van der Waals surface area contributed by atoms with E-state index in [1.165, 1.54) is 7.11 Å². The smallest absolute Gasteiger partial charge is 0.220 e. The summed E-state index contributed by atoms with van der Waals surface area (Å²) in [6.07, 6.45) is 1.55. The van der Waals surface area contributed by atoms with E-state index in [4.69, 9.17) is 23.7 Å². The zero-order valence-electron chi connectivity index (χ0n) is 21.7. The monoisotopic (exact) mass is 491 g/mol. The molecule has 3 aromatic rings. The molecule has 7 nitrogen and oxygen atoms in total. The summed E-state index contributed by atoms with van der Waals surface area (Å²) in [4.78, 5) is 15.4. The van der Waals surface area contributed by atoms with Gasteiger partial charge in [-0.2, -0.15) is 0 Å². The Hall–Kier alpha value is -3.71. The standard InChI is InChI=1S/C29H33NO6/c1-30(17-19-9-7-8-10-24(19)32-2)22-13-11-18-15-26(34-4)28(35-5)29(36-6)27(18)20-12-14-25(33-3)23(31)16-21(20)22/h7-10,12,14-16,22H,11,13,17H2,1-6H3/t22-/m0/s1. The Balaban J connectivity index is 1.94. The average Bonchev–Trinajstić information content (AvgIpc) is 3.15. The van der Waals surface area contributed by atoms with Crippen molar-refractivity contribution in [3.05, 3.63) is 75.4 Å². The van der Waals surface area contributed by atoms with Crippen LogP contribution in [-0.2, 0) is 13.0 Å². The SMILES string of the molecule is COc1ccccc1CN(C)[C@H]1CCc2cc(OC)c(OC)c(OC)c2-c2ccc(OC)c(=O)cc21. The molecule has 0 spiro atoms. The van der Waals surface area contributed by atoms with Gasteiger partial charge in [-0.1, -0.05) is 24.3 Å². The molecule has 1 aliphatic carbocycles. The van der Waals surface area contributed by atoms with Gasteiger partial charge in [-0.05, 0) is 60.8 Å². The van der Waals surface area contributed by atoms with Crippen molar-refractivity contribution in [3.63, 3.8) is 0 Å². The third kappa shape index (κ3) is 4.58. The van der Waals surface area contributed by atoms with Crippen molar-refractivity contribution in [2.24, 2.45) is 0 Å². The molecule has 0 radical (unpaired) electrons. The predicted molar refractivity (Wildman–Crippen MR) is 140 cm³/mol. The van der Waals surface area contributed by atoms with Gasteiger partial charge in [0.1, 0.15) is 5.75 Å². The second-order valence-corrected chi connectivity index (χ2v) is 8.74. The molecular formula is C29H33NO6. The van der Waals surface area contributed by atoms with E-state index in [2.05, 4.69) is 18.0 Å². The molecule has 0 saturated heterocycles. The third-order valence-electron chi connectivity index (χ3n) is 6.83. The second-order valence-electron chi connectivity index (χ2n) is 8.74. The number of benzene rings is 2. The molecule has 0 saturated carbocycles. The zero-order valence-corrected chi connectivity index (χ0v) is 21.7. The van der Waals surface area contributed by atoms with Crippen molar-refractivity contribution >= 4 is 0 Å². The molecule has 0 bridgehead atoms. The predicted octanol–water partition coefficient (Wildman–Crippen LogP) is 4.88. The van der Waals surface area contributed by atoms with Crippen molar-refractivity contribution in [3.8, 4) is 39.9 Å². The summed E-state index contributed by atoms with van der Waals surface area (Å²) in [6.45, 7) is 0.651. The van der Waals surface area contributed by atoms with Crippen LogP contribution in [0.2, 0.25) is 0 Å². The molecule has 190 valence electrons. The first-order chi connectivity index (χ1) is 17.5. The number of aryl methyl sites for hydroxylation is 1. The molecule has 0 heterocycles. The zero-order chi connectivity index (χ0) is 25.8. The van der Waals surface area contributed by atoms with E-state index in [0.717, 1.165) is 46.4 Å². The molecule has 3 aromatic carbocycles. The lowest BCUT2D eigenvalue weighted by Crippen LogP contribution is -2.25. The Kier molecular flexibility index (Phi) is 7.70. The minimum absolute atomic E-state index is 0.0520. The summed E-state index contributed by atoms with van der Waals surface area (Å²) in [7, 11) is 10.1. The maximum Gasteiger partial charge on any atom is 0.220 e. The van der Waals surface area contributed by atoms with E-state index >= 15 is 0 Å². The van der Waals surface area contributed by atoms with Crippen LogP contribution in [0.15, 0.2) is 53.3 Å². The van der Waals surface area contributed by atoms with Gasteiger partial charge in [-0.25, -0.2) is 0 Å². The lowest BCUT2D eigenvalue weighted by Gasteiger charge is -2.29. The van der Waals surface area contributed by atoms with Crippen LogP contribution in [0.25, 0.3) is 11.1 Å². The normalized spacial score (nSPS) is 14.4. The molecular weight excluding hydrogens is 458 g/mol. The third-order valence-corrected chi connectivity index (χ3v) is 6.83. The van der Waals surface area contributed by atoms with Gasteiger partial charge >= 0.3 is 0 Å². The minimum atomic E-state index is -0.169. The Morgan fingerprint density at radius 1 is 0.806 bits per heavy atom. The molecule has 0 aromatic heterocycles. The topological polar surface area (TPSA) is 66.5 Å². The maximum atomic E-state index is 13.1. The minimum Gasteiger partial charge on any atom is -0.496 e. The fourth-order valence-corrected chi connectivity index (χ4v) is 5.12. The number of nitrogens with zero attached hydrogens (tertiary/aromatic N) is 1. The molecule has 0 amide bonds. The number of ether oxygens (including phenoxy) is 5. The first kappa shape index (κ1) is 25.4. The van der Waals surface area contributed by atoms with Gasteiger partial charge in [0.2, 0.25) is 11.2 Å². The summed E-state index contributed by atoms with van der Waals surface area (Å²) in [5.74, 6) is 2.83. The molecule has 0 fully saturated rings. The number of hydrogen-bond donors (Lipinski definition) is 0. The highest BCUT2D eigenvalue weighted by Crippen LogP contribution is 2.51. The molecule has 4 rings (SSSR count). The van der Waals surface area contributed by atoms with Crippen molar-refractivity contribution in [2.75, 3.05) is 42.6 Å². The molecule has 36 heavy (non-hydrogen) atoms. The number of hydrogen-bond acceptors (Lipinski definition) is 7. The van der Waals surface area contributed by atoms with Crippen molar-refractivity contribution in [1.82, 2.24) is 4.90 Å². The fourth-order valence-electron chi connectivity index (χ4n) is 5.12. The van der Waals surface area contributed by atoms with Gasteiger partial charge in [0.15, 0.2) is 17.2 Å². The van der Waals surface area contributed by atoms with Crippen LogP contribution in [0.1, 0.15) is 29.2 Å². The highest BCUT2D eigenvalue weighted by Gasteiger charge is 2.31. The molecule has 1 aliphatic rings. The number of rotatable bonds is 8. The summed E-state index contributed by atoms with van der Waals surface area (Å²) in [6, 6.07) is 15.3. The van der Waals surface area contributed by atoms with Crippen molar-refractivity contribution < 1.29 is 23.7 Å². The number of methoxy groups -OCH3 is 5. The van der Waals surface area contributed by atoms with Crippen LogP contribution >= 0.6 is 0 Å². The average molecular weight is 492 g/mol. The summed E-state index contributed by atoms with van der Waals surface area (Å²) < 4.78 is 28.2.